The fourth-order valence-electron chi connectivity index (χ4n) is 6.63. The van der Waals surface area contributed by atoms with Gasteiger partial charge < -0.3 is 15.0 Å². The molecule has 5 aliphatic rings. The van der Waals surface area contributed by atoms with E-state index in [1.54, 1.807) is 4.90 Å². The summed E-state index contributed by atoms with van der Waals surface area (Å²) < 4.78 is 5.32. The highest BCUT2D eigenvalue weighted by Crippen LogP contribution is 2.60. The Labute approximate surface area is 174 Å². The molecule has 5 fully saturated rings. The quantitative estimate of drug-likeness (QED) is 0.691. The van der Waals surface area contributed by atoms with E-state index in [0.29, 0.717) is 36.6 Å². The van der Waals surface area contributed by atoms with Crippen molar-refractivity contribution in [2.24, 2.45) is 29.1 Å². The van der Waals surface area contributed by atoms with Crippen LogP contribution in [-0.2, 0) is 19.1 Å². The van der Waals surface area contributed by atoms with E-state index >= 15 is 0 Å². The summed E-state index contributed by atoms with van der Waals surface area (Å²) in [6.45, 7) is 6.36. The van der Waals surface area contributed by atoms with Crippen LogP contribution in [0.3, 0.4) is 0 Å². The maximum Gasteiger partial charge on any atom is 0.329 e. The van der Waals surface area contributed by atoms with Gasteiger partial charge in [-0.15, -0.1) is 0 Å². The first-order valence-electron chi connectivity index (χ1n) is 11.5. The molecule has 6 nitrogen and oxygen atoms in total. The van der Waals surface area contributed by atoms with Crippen LogP contribution >= 0.6 is 0 Å². The molecule has 0 aromatic heterocycles. The minimum absolute atomic E-state index is 0.0295. The molecule has 2 amide bonds. The summed E-state index contributed by atoms with van der Waals surface area (Å²) in [5.74, 6) is 1.90. The van der Waals surface area contributed by atoms with Crippen LogP contribution in [0.25, 0.3) is 0 Å². The smallest absolute Gasteiger partial charge is 0.329 e. The molecule has 0 aromatic rings. The first-order valence-corrected chi connectivity index (χ1v) is 11.5. The maximum absolute atomic E-state index is 13.6. The van der Waals surface area contributed by atoms with Gasteiger partial charge in [0.2, 0.25) is 5.91 Å². The van der Waals surface area contributed by atoms with Gasteiger partial charge in [0.05, 0.1) is 5.41 Å². The van der Waals surface area contributed by atoms with Crippen LogP contribution in [0.2, 0.25) is 0 Å². The molecule has 0 spiro atoms. The third-order valence-corrected chi connectivity index (χ3v) is 8.01. The molecule has 4 bridgehead atoms. The number of amides is 2. The largest absolute Gasteiger partial charge is 0.454 e. The third kappa shape index (κ3) is 4.04. The topological polar surface area (TPSA) is 75.7 Å². The van der Waals surface area contributed by atoms with E-state index in [1.807, 2.05) is 20.8 Å². The van der Waals surface area contributed by atoms with Crippen molar-refractivity contribution >= 4 is 17.8 Å². The zero-order valence-electron chi connectivity index (χ0n) is 18.1. The monoisotopic (exact) mass is 404 g/mol. The molecule has 2 atom stereocenters. The number of carbonyl (C=O) groups is 3. The number of carbonyl (C=O) groups excluding carboxylic acids is 3. The van der Waals surface area contributed by atoms with Gasteiger partial charge in [-0.1, -0.05) is 13.8 Å². The number of rotatable bonds is 6. The molecule has 4 aliphatic carbocycles. The average molecular weight is 405 g/mol. The minimum atomic E-state index is -0.522. The molecule has 6 heteroatoms. The summed E-state index contributed by atoms with van der Waals surface area (Å²) in [5, 5.41) is 2.85. The third-order valence-electron chi connectivity index (χ3n) is 8.01. The summed E-state index contributed by atoms with van der Waals surface area (Å²) >= 11 is 0. The van der Waals surface area contributed by atoms with Crippen molar-refractivity contribution in [3.63, 3.8) is 0 Å². The van der Waals surface area contributed by atoms with Gasteiger partial charge in [-0.3, -0.25) is 9.59 Å². The molecule has 162 valence electrons. The van der Waals surface area contributed by atoms with Crippen LogP contribution in [0.15, 0.2) is 0 Å². The number of nitrogens with one attached hydrogen (secondary N) is 1. The summed E-state index contributed by atoms with van der Waals surface area (Å²) in [5.41, 5.74) is -0.234. The molecule has 2 unspecified atom stereocenters. The van der Waals surface area contributed by atoms with Crippen molar-refractivity contribution in [1.29, 1.82) is 0 Å². The number of hydrogen-bond donors (Lipinski definition) is 1. The van der Waals surface area contributed by atoms with E-state index in [-0.39, 0.29) is 29.9 Å². The molecule has 4 saturated carbocycles. The number of likely N-dealkylation sites (tertiary alicyclic amines) is 1. The van der Waals surface area contributed by atoms with E-state index in [1.165, 1.54) is 19.3 Å². The van der Waals surface area contributed by atoms with Crippen molar-refractivity contribution in [3.8, 4) is 0 Å². The molecule has 0 aromatic carbocycles. The van der Waals surface area contributed by atoms with Crippen LogP contribution in [0.1, 0.15) is 72.1 Å². The fraction of sp³-hybridized carbons (Fsp3) is 0.870. The van der Waals surface area contributed by atoms with E-state index in [0.717, 1.165) is 25.7 Å². The molecule has 1 N–H and O–H groups in total. The Balaban J connectivity index is 1.36. The van der Waals surface area contributed by atoms with Crippen LogP contribution in [-0.4, -0.2) is 47.9 Å². The molecule has 29 heavy (non-hydrogen) atoms. The van der Waals surface area contributed by atoms with E-state index in [2.05, 4.69) is 5.32 Å². The van der Waals surface area contributed by atoms with Gasteiger partial charge in [0.1, 0.15) is 6.04 Å². The Kier molecular flexibility index (Phi) is 5.64. The highest BCUT2D eigenvalue weighted by atomic mass is 16.5. The number of esters is 1. The second-order valence-corrected chi connectivity index (χ2v) is 10.6. The maximum atomic E-state index is 13.6. The highest BCUT2D eigenvalue weighted by molar-refractivity contribution is 5.90. The Hall–Kier alpha value is -1.59. The Bertz CT molecular complexity index is 639. The Morgan fingerprint density at radius 2 is 1.62 bits per heavy atom. The highest BCUT2D eigenvalue weighted by Gasteiger charge is 2.57. The minimum Gasteiger partial charge on any atom is -0.454 e. The van der Waals surface area contributed by atoms with Crippen LogP contribution in [0, 0.1) is 29.1 Å². The van der Waals surface area contributed by atoms with Crippen molar-refractivity contribution < 1.29 is 19.1 Å². The lowest BCUT2D eigenvalue weighted by molar-refractivity contribution is -0.166. The molecule has 1 heterocycles. The van der Waals surface area contributed by atoms with Gasteiger partial charge >= 0.3 is 5.97 Å². The zero-order chi connectivity index (χ0) is 20.8. The van der Waals surface area contributed by atoms with Crippen LogP contribution < -0.4 is 5.32 Å². The Morgan fingerprint density at radius 3 is 2.17 bits per heavy atom. The summed E-state index contributed by atoms with van der Waals surface area (Å²) in [6.07, 6.45) is 8.37. The lowest BCUT2D eigenvalue weighted by Gasteiger charge is -2.56. The van der Waals surface area contributed by atoms with Gasteiger partial charge in [-0.25, -0.2) is 4.79 Å². The predicted octanol–water partition coefficient (Wildman–Crippen LogP) is 2.90. The van der Waals surface area contributed by atoms with Gasteiger partial charge in [0.15, 0.2) is 6.61 Å². The van der Waals surface area contributed by atoms with Gasteiger partial charge in [0.25, 0.3) is 5.91 Å². The molecule has 5 rings (SSSR count). The molecular formula is C23H36N2O4. The fourth-order valence-corrected chi connectivity index (χ4v) is 6.63. The van der Waals surface area contributed by atoms with Gasteiger partial charge in [-0.05, 0) is 82.0 Å². The van der Waals surface area contributed by atoms with E-state index < -0.39 is 12.0 Å². The van der Waals surface area contributed by atoms with Gasteiger partial charge in [-0.2, -0.15) is 0 Å². The molecule has 1 aliphatic heterocycles. The summed E-state index contributed by atoms with van der Waals surface area (Å²) in [6, 6.07) is -0.493. The molecule has 1 saturated heterocycles. The summed E-state index contributed by atoms with van der Waals surface area (Å²) in [4.78, 5) is 40.2. The van der Waals surface area contributed by atoms with Crippen molar-refractivity contribution in [2.75, 3.05) is 13.2 Å². The lowest BCUT2D eigenvalue weighted by atomic mass is 9.49. The van der Waals surface area contributed by atoms with E-state index in [9.17, 15) is 14.4 Å². The second-order valence-electron chi connectivity index (χ2n) is 10.6. The zero-order valence-corrected chi connectivity index (χ0v) is 18.1. The lowest BCUT2D eigenvalue weighted by Crippen LogP contribution is -2.56. The molecule has 0 radical (unpaired) electrons. The summed E-state index contributed by atoms with van der Waals surface area (Å²) in [7, 11) is 0. The van der Waals surface area contributed by atoms with Crippen molar-refractivity contribution in [1.82, 2.24) is 10.2 Å². The second kappa shape index (κ2) is 7.92. The Morgan fingerprint density at radius 1 is 1.03 bits per heavy atom. The predicted molar refractivity (Wildman–Crippen MR) is 109 cm³/mol. The number of hydrogen-bond acceptors (Lipinski definition) is 4. The molecular weight excluding hydrogens is 368 g/mol. The van der Waals surface area contributed by atoms with Crippen LogP contribution in [0.4, 0.5) is 0 Å². The number of nitrogens with zero attached hydrogens (tertiary/aromatic N) is 1. The van der Waals surface area contributed by atoms with Crippen molar-refractivity contribution in [3.05, 3.63) is 0 Å². The SMILES string of the molecule is CC(C)C(C)NC(=O)COC(=O)C1CCCN1C(=O)C12CC3CC(CC(C3)C1)C2. The number of ether oxygens (including phenoxy) is 1. The van der Waals surface area contributed by atoms with Crippen LogP contribution in [0.5, 0.6) is 0 Å². The van der Waals surface area contributed by atoms with Crippen molar-refractivity contribution in [2.45, 2.75) is 84.2 Å². The van der Waals surface area contributed by atoms with E-state index in [4.69, 9.17) is 4.74 Å². The average Bonchev–Trinajstić information content (AvgIpc) is 3.14. The van der Waals surface area contributed by atoms with Gasteiger partial charge in [0, 0.05) is 12.6 Å². The normalized spacial score (nSPS) is 36.3. The first-order chi connectivity index (χ1) is 13.8. The first kappa shape index (κ1) is 20.7. The standard InChI is InChI=1S/C23H36N2O4/c1-14(2)15(3)24-20(26)13-29-21(27)19-5-4-6-25(19)22(28)23-10-16-7-17(11-23)9-18(8-16)12-23/h14-19H,4-13H2,1-3H3,(H,24,26).